The Morgan fingerprint density at radius 2 is 1.94 bits per heavy atom. The number of hydrogen-bond acceptors (Lipinski definition) is 7. The van der Waals surface area contributed by atoms with Gasteiger partial charge in [0.1, 0.15) is 0 Å². The molecule has 2 amide bonds. The van der Waals surface area contributed by atoms with Crippen LogP contribution in [0.25, 0.3) is 0 Å². The number of nitrogens with zero attached hydrogens (tertiary/aromatic N) is 2. The summed E-state index contributed by atoms with van der Waals surface area (Å²) >= 11 is 3.14. The molecule has 3 aromatic rings. The van der Waals surface area contributed by atoms with E-state index in [9.17, 15) is 14.4 Å². The van der Waals surface area contributed by atoms with Crippen LogP contribution in [-0.4, -0.2) is 35.1 Å². The van der Waals surface area contributed by atoms with E-state index in [-0.39, 0.29) is 17.5 Å². The lowest BCUT2D eigenvalue weighted by molar-refractivity contribution is -0.136. The molecule has 1 aromatic carbocycles. The molecule has 0 spiro atoms. The SMILES string of the molecule is CC(=O)Nc1cccc(C(=O)OCC(=O)N2N=C(c3cccs3)CC2c2cccs2)c1. The van der Waals surface area contributed by atoms with Gasteiger partial charge in [-0.2, -0.15) is 5.10 Å². The molecule has 1 aliphatic rings. The maximum atomic E-state index is 12.9. The van der Waals surface area contributed by atoms with Gasteiger partial charge in [-0.25, -0.2) is 9.80 Å². The van der Waals surface area contributed by atoms with Crippen LogP contribution < -0.4 is 5.32 Å². The minimum atomic E-state index is -0.644. The second-order valence-corrected chi connectivity index (χ2v) is 8.76. The van der Waals surface area contributed by atoms with Crippen molar-refractivity contribution in [2.75, 3.05) is 11.9 Å². The van der Waals surface area contributed by atoms with E-state index in [2.05, 4.69) is 10.4 Å². The third kappa shape index (κ3) is 4.89. The summed E-state index contributed by atoms with van der Waals surface area (Å²) in [5.41, 5.74) is 1.57. The monoisotopic (exact) mass is 453 g/mol. The van der Waals surface area contributed by atoms with Gasteiger partial charge in [-0.1, -0.05) is 18.2 Å². The van der Waals surface area contributed by atoms with Gasteiger partial charge in [-0.15, -0.1) is 22.7 Å². The van der Waals surface area contributed by atoms with Crippen molar-refractivity contribution in [2.24, 2.45) is 5.10 Å². The highest BCUT2D eigenvalue weighted by Crippen LogP contribution is 2.35. The minimum Gasteiger partial charge on any atom is -0.452 e. The molecule has 31 heavy (non-hydrogen) atoms. The van der Waals surface area contributed by atoms with E-state index < -0.39 is 18.5 Å². The van der Waals surface area contributed by atoms with Gasteiger partial charge in [0.05, 0.1) is 22.2 Å². The first-order chi connectivity index (χ1) is 15.0. The third-order valence-electron chi connectivity index (χ3n) is 4.59. The van der Waals surface area contributed by atoms with Crippen molar-refractivity contribution in [3.05, 3.63) is 74.6 Å². The van der Waals surface area contributed by atoms with Crippen molar-refractivity contribution >= 4 is 51.9 Å². The molecule has 0 fully saturated rings. The Balaban J connectivity index is 1.46. The summed E-state index contributed by atoms with van der Waals surface area (Å²) in [5.74, 6) is -1.28. The number of anilines is 1. The first-order valence-corrected chi connectivity index (χ1v) is 11.3. The highest BCUT2D eigenvalue weighted by Gasteiger charge is 2.34. The molecule has 1 N–H and O–H groups in total. The fourth-order valence-electron chi connectivity index (χ4n) is 3.24. The average molecular weight is 454 g/mol. The van der Waals surface area contributed by atoms with Crippen LogP contribution in [0.1, 0.15) is 39.5 Å². The van der Waals surface area contributed by atoms with Gasteiger partial charge in [0.2, 0.25) is 5.91 Å². The lowest BCUT2D eigenvalue weighted by atomic mass is 10.1. The van der Waals surface area contributed by atoms with Gasteiger partial charge in [0.15, 0.2) is 6.61 Å². The fourth-order valence-corrected chi connectivity index (χ4v) is 4.77. The zero-order valence-corrected chi connectivity index (χ0v) is 18.2. The van der Waals surface area contributed by atoms with Crippen molar-refractivity contribution in [3.8, 4) is 0 Å². The van der Waals surface area contributed by atoms with Crippen LogP contribution >= 0.6 is 22.7 Å². The summed E-state index contributed by atoms with van der Waals surface area (Å²) in [4.78, 5) is 38.6. The number of esters is 1. The second-order valence-electron chi connectivity index (χ2n) is 6.84. The minimum absolute atomic E-state index is 0.216. The summed E-state index contributed by atoms with van der Waals surface area (Å²) in [6.07, 6.45) is 0.611. The van der Waals surface area contributed by atoms with Crippen LogP contribution in [0.2, 0.25) is 0 Å². The van der Waals surface area contributed by atoms with Crippen molar-refractivity contribution in [1.29, 1.82) is 0 Å². The number of thiophene rings is 2. The number of nitrogens with one attached hydrogen (secondary N) is 1. The molecular weight excluding hydrogens is 434 g/mol. The third-order valence-corrected chi connectivity index (χ3v) is 6.48. The average Bonchev–Trinajstić information content (AvgIpc) is 3.52. The number of ether oxygens (including phenoxy) is 1. The van der Waals surface area contributed by atoms with Gasteiger partial charge >= 0.3 is 5.97 Å². The van der Waals surface area contributed by atoms with Crippen molar-refractivity contribution in [3.63, 3.8) is 0 Å². The van der Waals surface area contributed by atoms with Crippen LogP contribution in [0.5, 0.6) is 0 Å². The zero-order valence-electron chi connectivity index (χ0n) is 16.6. The maximum absolute atomic E-state index is 12.9. The van der Waals surface area contributed by atoms with E-state index in [1.165, 1.54) is 18.0 Å². The molecule has 158 valence electrons. The molecule has 0 saturated carbocycles. The molecule has 1 aliphatic heterocycles. The molecule has 1 atom stereocenters. The topological polar surface area (TPSA) is 88.1 Å². The fraction of sp³-hybridized carbons (Fsp3) is 0.182. The van der Waals surface area contributed by atoms with Gasteiger partial charge in [0.25, 0.3) is 5.91 Å². The molecule has 0 bridgehead atoms. The molecule has 0 radical (unpaired) electrons. The molecule has 1 unspecified atom stereocenters. The maximum Gasteiger partial charge on any atom is 0.338 e. The number of hydrogen-bond donors (Lipinski definition) is 1. The smallest absolute Gasteiger partial charge is 0.338 e. The number of rotatable bonds is 6. The lowest BCUT2D eigenvalue weighted by Crippen LogP contribution is -2.31. The van der Waals surface area contributed by atoms with Gasteiger partial charge in [-0.3, -0.25) is 9.59 Å². The molecule has 0 aliphatic carbocycles. The normalized spacial score (nSPS) is 15.5. The van der Waals surface area contributed by atoms with Crippen LogP contribution in [0, 0.1) is 0 Å². The molecular formula is C22H19N3O4S2. The van der Waals surface area contributed by atoms with E-state index in [0.29, 0.717) is 12.1 Å². The summed E-state index contributed by atoms with van der Waals surface area (Å²) < 4.78 is 5.25. The van der Waals surface area contributed by atoms with Gasteiger partial charge in [-0.05, 0) is 41.1 Å². The number of benzene rings is 1. The Kier molecular flexibility index (Phi) is 6.24. The molecule has 2 aromatic heterocycles. The quantitative estimate of drug-likeness (QED) is 0.564. The molecule has 3 heterocycles. The predicted octanol–water partition coefficient (Wildman–Crippen LogP) is 4.30. The zero-order chi connectivity index (χ0) is 21.8. The number of amides is 2. The Morgan fingerprint density at radius 1 is 1.13 bits per heavy atom. The Labute approximate surface area is 187 Å². The van der Waals surface area contributed by atoms with Crippen molar-refractivity contribution in [1.82, 2.24) is 5.01 Å². The molecule has 7 nitrogen and oxygen atoms in total. The first-order valence-electron chi connectivity index (χ1n) is 9.53. The van der Waals surface area contributed by atoms with E-state index in [1.807, 2.05) is 35.0 Å². The number of carbonyl (C=O) groups is 3. The van der Waals surface area contributed by atoms with Gasteiger partial charge < -0.3 is 10.1 Å². The summed E-state index contributed by atoms with van der Waals surface area (Å²) in [6, 6.07) is 14.0. The first kappa shape index (κ1) is 21.0. The lowest BCUT2D eigenvalue weighted by Gasteiger charge is -2.20. The number of hydrazone groups is 1. The van der Waals surface area contributed by atoms with Crippen LogP contribution in [0.3, 0.4) is 0 Å². The van der Waals surface area contributed by atoms with Crippen molar-refractivity contribution < 1.29 is 19.1 Å². The van der Waals surface area contributed by atoms with Crippen molar-refractivity contribution in [2.45, 2.75) is 19.4 Å². The highest BCUT2D eigenvalue weighted by atomic mass is 32.1. The largest absolute Gasteiger partial charge is 0.452 e. The Bertz CT molecular complexity index is 1120. The Morgan fingerprint density at radius 3 is 2.65 bits per heavy atom. The highest BCUT2D eigenvalue weighted by molar-refractivity contribution is 7.12. The summed E-state index contributed by atoms with van der Waals surface area (Å²) in [5, 5.41) is 12.5. The standard InChI is InChI=1S/C22H19N3O4S2/c1-14(26)23-16-6-2-5-15(11-16)22(28)29-13-21(27)25-18(20-8-4-10-31-20)12-17(24-25)19-7-3-9-30-19/h2-11,18H,12-13H2,1H3,(H,23,26). The Hall–Kier alpha value is -3.30. The summed E-state index contributed by atoms with van der Waals surface area (Å²) in [6.45, 7) is 0.959. The second kappa shape index (κ2) is 9.23. The van der Waals surface area contributed by atoms with E-state index in [0.717, 1.165) is 15.5 Å². The van der Waals surface area contributed by atoms with E-state index in [4.69, 9.17) is 4.74 Å². The van der Waals surface area contributed by atoms with E-state index >= 15 is 0 Å². The predicted molar refractivity (Wildman–Crippen MR) is 120 cm³/mol. The van der Waals surface area contributed by atoms with Crippen LogP contribution in [0.15, 0.2) is 64.4 Å². The molecule has 0 saturated heterocycles. The summed E-state index contributed by atoms with van der Waals surface area (Å²) in [7, 11) is 0. The van der Waals surface area contributed by atoms with Crippen LogP contribution in [0.4, 0.5) is 5.69 Å². The van der Waals surface area contributed by atoms with Crippen LogP contribution in [-0.2, 0) is 14.3 Å². The molecule has 9 heteroatoms. The number of carbonyl (C=O) groups excluding carboxylic acids is 3. The molecule has 4 rings (SSSR count). The van der Waals surface area contributed by atoms with E-state index in [1.54, 1.807) is 40.9 Å². The van der Waals surface area contributed by atoms with Gasteiger partial charge in [0, 0.05) is 23.9 Å².